The van der Waals surface area contributed by atoms with Crippen LogP contribution >= 0.6 is 23.1 Å². The molecular formula is C18H23FN6OS2. The average molecular weight is 423 g/mol. The van der Waals surface area contributed by atoms with Crippen LogP contribution in [0.2, 0.25) is 0 Å². The molecule has 7 nitrogen and oxygen atoms in total. The van der Waals surface area contributed by atoms with Gasteiger partial charge in [-0.25, -0.2) is 19.3 Å². The lowest BCUT2D eigenvalue weighted by Gasteiger charge is -2.19. The van der Waals surface area contributed by atoms with E-state index in [1.807, 2.05) is 0 Å². The molecule has 0 bridgehead atoms. The van der Waals surface area contributed by atoms with E-state index >= 15 is 0 Å². The van der Waals surface area contributed by atoms with E-state index in [9.17, 15) is 9.50 Å². The number of hydrogen-bond donors (Lipinski definition) is 3. The van der Waals surface area contributed by atoms with E-state index in [0.29, 0.717) is 45.4 Å². The van der Waals surface area contributed by atoms with Gasteiger partial charge >= 0.3 is 0 Å². The number of aromatic nitrogens is 4. The Labute approximate surface area is 171 Å². The van der Waals surface area contributed by atoms with Gasteiger partial charge in [-0.1, -0.05) is 36.9 Å². The van der Waals surface area contributed by atoms with E-state index in [1.165, 1.54) is 29.3 Å². The molecule has 1 atom stereocenters. The number of anilines is 2. The molecule has 0 aliphatic heterocycles. The molecule has 0 aliphatic carbocycles. The Bertz CT molecular complexity index is 936. The van der Waals surface area contributed by atoms with Gasteiger partial charge in [0.05, 0.1) is 18.8 Å². The van der Waals surface area contributed by atoms with Crippen molar-refractivity contribution in [3.63, 3.8) is 0 Å². The van der Waals surface area contributed by atoms with Crippen LogP contribution < -0.4 is 11.1 Å². The second-order valence-electron chi connectivity index (χ2n) is 6.78. The van der Waals surface area contributed by atoms with Crippen molar-refractivity contribution in [2.24, 2.45) is 5.92 Å². The normalized spacial score (nSPS) is 12.6. The van der Waals surface area contributed by atoms with Crippen LogP contribution in [0.3, 0.4) is 0 Å². The number of thiazole rings is 1. The fourth-order valence-corrected chi connectivity index (χ4v) is 4.32. The number of pyridine rings is 1. The number of nitrogens with two attached hydrogens (primary N) is 1. The van der Waals surface area contributed by atoms with Gasteiger partial charge in [-0.2, -0.15) is 0 Å². The molecule has 3 aromatic rings. The molecule has 0 amide bonds. The number of hydrogen-bond acceptors (Lipinski definition) is 9. The maximum Gasteiger partial charge on any atom is 0.191 e. The summed E-state index contributed by atoms with van der Waals surface area (Å²) in [6.45, 7) is 4.20. The average Bonchev–Trinajstić information content (AvgIpc) is 3.03. The summed E-state index contributed by atoms with van der Waals surface area (Å²) in [5, 5.41) is 13.9. The fraction of sp³-hybridized carbons (Fsp3) is 0.444. The van der Waals surface area contributed by atoms with E-state index in [0.717, 1.165) is 11.1 Å². The lowest BCUT2D eigenvalue weighted by molar-refractivity contribution is 0.259. The maximum atomic E-state index is 13.7. The molecule has 0 unspecified atom stereocenters. The lowest BCUT2D eigenvalue weighted by Crippen LogP contribution is -2.26. The summed E-state index contributed by atoms with van der Waals surface area (Å²) in [5.74, 6) is 1.35. The Morgan fingerprint density at radius 2 is 2.14 bits per heavy atom. The highest BCUT2D eigenvalue weighted by atomic mass is 32.2. The molecule has 0 fully saturated rings. The highest BCUT2D eigenvalue weighted by Crippen LogP contribution is 2.31. The third-order valence-electron chi connectivity index (χ3n) is 4.03. The zero-order valence-electron chi connectivity index (χ0n) is 15.7. The highest BCUT2D eigenvalue weighted by molar-refractivity contribution is 7.99. The largest absolute Gasteiger partial charge is 0.394 e. The van der Waals surface area contributed by atoms with Crippen LogP contribution in [0.4, 0.5) is 15.3 Å². The number of fused-ring (bicyclic) bond motifs is 1. The third-order valence-corrected chi connectivity index (χ3v) is 5.76. The number of nitrogen functional groups attached to an aromatic ring is 1. The van der Waals surface area contributed by atoms with Gasteiger partial charge in [-0.3, -0.25) is 4.98 Å². The number of aliphatic hydroxyl groups excluding tert-OH is 1. The van der Waals surface area contributed by atoms with E-state index in [1.54, 1.807) is 12.3 Å². The zero-order chi connectivity index (χ0) is 20.1. The number of rotatable bonds is 9. The van der Waals surface area contributed by atoms with Crippen LogP contribution in [0.15, 0.2) is 23.6 Å². The molecule has 150 valence electrons. The van der Waals surface area contributed by atoms with Gasteiger partial charge in [0.1, 0.15) is 10.5 Å². The topological polar surface area (TPSA) is 110 Å². The van der Waals surface area contributed by atoms with Gasteiger partial charge in [0.2, 0.25) is 0 Å². The minimum Gasteiger partial charge on any atom is -0.394 e. The standard InChI is InChI=1S/C18H23FN6OS2/c1-10(2)7-12(9-26)22-15-14-16(23-17(20)28-14)25-18(24-15)27-6-4-11-3-5-21-8-13(11)19/h3,5,8,10,12,26H,4,6-7,9H2,1-2H3,(H3,20,22,23,24,25)/t12-/m1/s1. The number of nitrogens with zero attached hydrogens (tertiary/aromatic N) is 4. The number of halogens is 1. The number of thioether (sulfide) groups is 1. The second-order valence-corrected chi connectivity index (χ2v) is 8.87. The van der Waals surface area contributed by atoms with Crippen molar-refractivity contribution in [3.8, 4) is 0 Å². The van der Waals surface area contributed by atoms with Crippen LogP contribution in [-0.2, 0) is 6.42 Å². The first kappa shape index (κ1) is 20.7. The summed E-state index contributed by atoms with van der Waals surface area (Å²) >= 11 is 2.74. The van der Waals surface area contributed by atoms with Gasteiger partial charge in [0.25, 0.3) is 0 Å². The highest BCUT2D eigenvalue weighted by Gasteiger charge is 2.17. The number of aryl methyl sites for hydroxylation is 1. The predicted octanol–water partition coefficient (Wildman–Crippen LogP) is 3.36. The molecule has 28 heavy (non-hydrogen) atoms. The molecule has 0 radical (unpaired) electrons. The number of nitrogens with one attached hydrogen (secondary N) is 1. The second kappa shape index (κ2) is 9.44. The summed E-state index contributed by atoms with van der Waals surface area (Å²) in [6.07, 6.45) is 4.14. The third kappa shape index (κ3) is 5.27. The van der Waals surface area contributed by atoms with Crippen LogP contribution in [0.1, 0.15) is 25.8 Å². The Hall–Kier alpha value is -2.04. The molecule has 3 heterocycles. The smallest absolute Gasteiger partial charge is 0.191 e. The van der Waals surface area contributed by atoms with Crippen molar-refractivity contribution >= 4 is 44.4 Å². The molecule has 4 N–H and O–H groups in total. The first-order chi connectivity index (χ1) is 13.5. The molecule has 0 saturated carbocycles. The molecular weight excluding hydrogens is 399 g/mol. The Morgan fingerprint density at radius 3 is 2.86 bits per heavy atom. The molecule has 0 spiro atoms. The fourth-order valence-electron chi connectivity index (χ4n) is 2.78. The van der Waals surface area contributed by atoms with Gasteiger partial charge in [0.15, 0.2) is 21.8 Å². The van der Waals surface area contributed by atoms with Crippen LogP contribution in [0, 0.1) is 11.7 Å². The molecule has 0 aliphatic rings. The van der Waals surface area contributed by atoms with Gasteiger partial charge in [-0.15, -0.1) is 0 Å². The van der Waals surface area contributed by atoms with Crippen LogP contribution in [-0.4, -0.2) is 43.4 Å². The van der Waals surface area contributed by atoms with Crippen molar-refractivity contribution < 1.29 is 9.50 Å². The summed E-state index contributed by atoms with van der Waals surface area (Å²) in [5.41, 5.74) is 6.99. The predicted molar refractivity (Wildman–Crippen MR) is 112 cm³/mol. The molecule has 3 aromatic heterocycles. The SMILES string of the molecule is CC(C)C[C@H](CO)Nc1nc(SCCc2ccncc2F)nc2nc(N)sc12. The van der Waals surface area contributed by atoms with Gasteiger partial charge < -0.3 is 16.2 Å². The van der Waals surface area contributed by atoms with Crippen molar-refractivity contribution in [2.75, 3.05) is 23.4 Å². The molecule has 0 saturated heterocycles. The summed E-state index contributed by atoms with van der Waals surface area (Å²) in [4.78, 5) is 17.1. The molecule has 0 aromatic carbocycles. The Morgan fingerprint density at radius 1 is 1.32 bits per heavy atom. The lowest BCUT2D eigenvalue weighted by atomic mass is 10.0. The first-order valence-corrected chi connectivity index (χ1v) is 10.8. The minimum atomic E-state index is -0.312. The summed E-state index contributed by atoms with van der Waals surface area (Å²) in [7, 11) is 0. The summed E-state index contributed by atoms with van der Waals surface area (Å²) < 4.78 is 14.5. The van der Waals surface area contributed by atoms with Crippen molar-refractivity contribution in [1.29, 1.82) is 0 Å². The molecule has 3 rings (SSSR count). The Balaban J connectivity index is 1.78. The van der Waals surface area contributed by atoms with Gasteiger partial charge in [-0.05, 0) is 30.4 Å². The van der Waals surface area contributed by atoms with E-state index in [-0.39, 0.29) is 18.5 Å². The quantitative estimate of drug-likeness (QED) is 0.356. The summed E-state index contributed by atoms with van der Waals surface area (Å²) in [6, 6.07) is 1.55. The van der Waals surface area contributed by atoms with Gasteiger partial charge in [0, 0.05) is 11.9 Å². The van der Waals surface area contributed by atoms with E-state index in [2.05, 4.69) is 39.1 Å². The van der Waals surface area contributed by atoms with E-state index in [4.69, 9.17) is 5.73 Å². The monoisotopic (exact) mass is 422 g/mol. The first-order valence-electron chi connectivity index (χ1n) is 8.99. The van der Waals surface area contributed by atoms with E-state index < -0.39 is 0 Å². The van der Waals surface area contributed by atoms with Crippen LogP contribution in [0.5, 0.6) is 0 Å². The molecule has 10 heteroatoms. The maximum absolute atomic E-state index is 13.7. The number of aliphatic hydroxyl groups is 1. The van der Waals surface area contributed by atoms with Crippen molar-refractivity contribution in [3.05, 3.63) is 29.8 Å². The zero-order valence-corrected chi connectivity index (χ0v) is 17.4. The van der Waals surface area contributed by atoms with Crippen LogP contribution in [0.25, 0.3) is 10.3 Å². The minimum absolute atomic E-state index is 0.00174. The van der Waals surface area contributed by atoms with Crippen molar-refractivity contribution in [1.82, 2.24) is 19.9 Å². The Kier molecular flexibility index (Phi) is 6.97. The van der Waals surface area contributed by atoms with Crippen molar-refractivity contribution in [2.45, 2.75) is 37.9 Å².